The predicted molar refractivity (Wildman–Crippen MR) is 74.5 cm³/mol. The van der Waals surface area contributed by atoms with Gasteiger partial charge in [-0.05, 0) is 31.4 Å². The van der Waals surface area contributed by atoms with Gasteiger partial charge >= 0.3 is 5.97 Å². The van der Waals surface area contributed by atoms with Gasteiger partial charge in [0, 0.05) is 17.7 Å². The van der Waals surface area contributed by atoms with E-state index in [4.69, 9.17) is 14.6 Å². The minimum atomic E-state index is -0.815. The quantitative estimate of drug-likeness (QED) is 0.888. The first-order valence-electron chi connectivity index (χ1n) is 7.07. The van der Waals surface area contributed by atoms with Crippen LogP contribution < -0.4 is 14.8 Å². The number of hydrogen-bond donors (Lipinski definition) is 2. The molecule has 21 heavy (non-hydrogen) atoms. The summed E-state index contributed by atoms with van der Waals surface area (Å²) in [4.78, 5) is 23.1. The second-order valence-corrected chi connectivity index (χ2v) is 5.39. The molecule has 3 rings (SSSR count). The lowest BCUT2D eigenvalue weighted by Gasteiger charge is -2.19. The van der Waals surface area contributed by atoms with Gasteiger partial charge in [-0.2, -0.15) is 0 Å². The zero-order chi connectivity index (χ0) is 14.8. The fourth-order valence-electron chi connectivity index (χ4n) is 2.81. The van der Waals surface area contributed by atoms with Crippen LogP contribution in [0.2, 0.25) is 0 Å². The van der Waals surface area contributed by atoms with E-state index >= 15 is 0 Å². The summed E-state index contributed by atoms with van der Waals surface area (Å²) >= 11 is 0. The number of aliphatic carboxylic acids is 1. The van der Waals surface area contributed by atoms with Crippen LogP contribution in [0, 0.1) is 11.8 Å². The molecular weight excluding hydrogens is 274 g/mol. The maximum Gasteiger partial charge on any atom is 0.306 e. The molecule has 0 radical (unpaired) electrons. The van der Waals surface area contributed by atoms with Crippen molar-refractivity contribution in [2.45, 2.75) is 19.3 Å². The molecule has 112 valence electrons. The van der Waals surface area contributed by atoms with Gasteiger partial charge in [-0.3, -0.25) is 9.59 Å². The Morgan fingerprint density at radius 2 is 1.81 bits per heavy atom. The Bertz CT molecular complexity index is 571. The summed E-state index contributed by atoms with van der Waals surface area (Å²) in [6, 6.07) is 5.25. The SMILES string of the molecule is O=C(O)[C@@H]1CC[C@H](C(=O)Nc2ccc3c(c2)OCCO3)C1. The minimum absolute atomic E-state index is 0.129. The van der Waals surface area contributed by atoms with E-state index in [1.165, 1.54) is 0 Å². The highest BCUT2D eigenvalue weighted by Gasteiger charge is 2.33. The lowest BCUT2D eigenvalue weighted by molar-refractivity contribution is -0.141. The summed E-state index contributed by atoms with van der Waals surface area (Å²) < 4.78 is 10.9. The van der Waals surface area contributed by atoms with Crippen LogP contribution in [0.3, 0.4) is 0 Å². The second kappa shape index (κ2) is 5.63. The van der Waals surface area contributed by atoms with Crippen LogP contribution in [-0.2, 0) is 9.59 Å². The van der Waals surface area contributed by atoms with E-state index in [2.05, 4.69) is 5.32 Å². The third kappa shape index (κ3) is 2.94. The molecule has 1 amide bonds. The highest BCUT2D eigenvalue weighted by Crippen LogP contribution is 2.34. The average Bonchev–Trinajstić information content (AvgIpc) is 2.97. The topological polar surface area (TPSA) is 84.9 Å². The number of carbonyl (C=O) groups is 2. The Morgan fingerprint density at radius 1 is 1.10 bits per heavy atom. The van der Waals surface area contributed by atoms with Gasteiger partial charge in [0.15, 0.2) is 11.5 Å². The summed E-state index contributed by atoms with van der Waals surface area (Å²) in [6.07, 6.45) is 1.59. The van der Waals surface area contributed by atoms with Crippen molar-refractivity contribution in [1.29, 1.82) is 0 Å². The van der Waals surface area contributed by atoms with Gasteiger partial charge in [-0.1, -0.05) is 0 Å². The van der Waals surface area contributed by atoms with Crippen molar-refractivity contribution in [2.24, 2.45) is 11.8 Å². The van der Waals surface area contributed by atoms with Crippen LogP contribution in [-0.4, -0.2) is 30.2 Å². The van der Waals surface area contributed by atoms with Gasteiger partial charge in [-0.25, -0.2) is 0 Å². The van der Waals surface area contributed by atoms with E-state index in [-0.39, 0.29) is 11.8 Å². The molecule has 1 saturated carbocycles. The van der Waals surface area contributed by atoms with Gasteiger partial charge in [0.25, 0.3) is 0 Å². The summed E-state index contributed by atoms with van der Waals surface area (Å²) in [5, 5.41) is 11.8. The molecule has 0 bridgehead atoms. The summed E-state index contributed by atoms with van der Waals surface area (Å²) in [6.45, 7) is 1.02. The molecule has 0 spiro atoms. The molecular formula is C15H17NO5. The number of benzene rings is 1. The van der Waals surface area contributed by atoms with E-state index in [1.807, 2.05) is 0 Å². The van der Waals surface area contributed by atoms with Crippen molar-refractivity contribution in [3.8, 4) is 11.5 Å². The molecule has 6 heteroatoms. The number of carbonyl (C=O) groups excluding carboxylic acids is 1. The van der Waals surface area contributed by atoms with Crippen LogP contribution in [0.25, 0.3) is 0 Å². The van der Waals surface area contributed by atoms with Crippen molar-refractivity contribution in [2.75, 3.05) is 18.5 Å². The molecule has 1 aromatic rings. The van der Waals surface area contributed by atoms with Crippen molar-refractivity contribution in [1.82, 2.24) is 0 Å². The molecule has 1 aliphatic carbocycles. The third-order valence-electron chi connectivity index (χ3n) is 3.96. The molecule has 2 atom stereocenters. The highest BCUT2D eigenvalue weighted by molar-refractivity contribution is 5.93. The smallest absolute Gasteiger partial charge is 0.306 e. The van der Waals surface area contributed by atoms with Crippen molar-refractivity contribution < 1.29 is 24.2 Å². The van der Waals surface area contributed by atoms with Crippen LogP contribution in [0.4, 0.5) is 5.69 Å². The molecule has 6 nitrogen and oxygen atoms in total. The largest absolute Gasteiger partial charge is 0.486 e. The lowest BCUT2D eigenvalue weighted by Crippen LogP contribution is -2.22. The van der Waals surface area contributed by atoms with E-state index in [1.54, 1.807) is 18.2 Å². The van der Waals surface area contributed by atoms with E-state index in [9.17, 15) is 9.59 Å². The van der Waals surface area contributed by atoms with E-state index in [0.29, 0.717) is 49.7 Å². The van der Waals surface area contributed by atoms with Crippen LogP contribution in [0.1, 0.15) is 19.3 Å². The van der Waals surface area contributed by atoms with Gasteiger partial charge < -0.3 is 19.9 Å². The lowest BCUT2D eigenvalue weighted by atomic mass is 10.0. The Kier molecular flexibility index (Phi) is 3.68. The Hall–Kier alpha value is -2.24. The van der Waals surface area contributed by atoms with E-state index in [0.717, 1.165) is 0 Å². The molecule has 2 N–H and O–H groups in total. The molecule has 1 aromatic carbocycles. The second-order valence-electron chi connectivity index (χ2n) is 5.39. The standard InChI is InChI=1S/C15H17NO5/c17-14(9-1-2-10(7-9)15(18)19)16-11-3-4-12-13(8-11)21-6-5-20-12/h3-4,8-10H,1-2,5-7H2,(H,16,17)(H,18,19)/t9-,10+/m0/s1. The highest BCUT2D eigenvalue weighted by atomic mass is 16.6. The average molecular weight is 291 g/mol. The minimum Gasteiger partial charge on any atom is -0.486 e. The Labute approximate surface area is 122 Å². The fourth-order valence-corrected chi connectivity index (χ4v) is 2.81. The van der Waals surface area contributed by atoms with Crippen molar-refractivity contribution in [3.63, 3.8) is 0 Å². The number of amides is 1. The van der Waals surface area contributed by atoms with Crippen molar-refractivity contribution >= 4 is 17.6 Å². The van der Waals surface area contributed by atoms with Gasteiger partial charge in [-0.15, -0.1) is 0 Å². The Balaban J connectivity index is 1.64. The van der Waals surface area contributed by atoms with Crippen LogP contribution in [0.15, 0.2) is 18.2 Å². The molecule has 1 aliphatic heterocycles. The molecule has 1 fully saturated rings. The van der Waals surface area contributed by atoms with Gasteiger partial charge in [0.05, 0.1) is 5.92 Å². The summed E-state index contributed by atoms with van der Waals surface area (Å²) in [5.41, 5.74) is 0.642. The number of carboxylic acid groups (broad SMARTS) is 1. The van der Waals surface area contributed by atoms with Gasteiger partial charge in [0.1, 0.15) is 13.2 Å². The molecule has 0 saturated heterocycles. The first-order valence-corrected chi connectivity index (χ1v) is 7.07. The predicted octanol–water partition coefficient (Wildman–Crippen LogP) is 1.90. The third-order valence-corrected chi connectivity index (χ3v) is 3.96. The maximum absolute atomic E-state index is 12.2. The first-order chi connectivity index (χ1) is 10.1. The summed E-state index contributed by atoms with van der Waals surface area (Å²) in [5.74, 6) is -0.291. The molecule has 1 heterocycles. The van der Waals surface area contributed by atoms with Crippen LogP contribution >= 0.6 is 0 Å². The molecule has 2 aliphatic rings. The number of rotatable bonds is 3. The fraction of sp³-hybridized carbons (Fsp3) is 0.467. The van der Waals surface area contributed by atoms with E-state index < -0.39 is 11.9 Å². The van der Waals surface area contributed by atoms with Crippen LogP contribution in [0.5, 0.6) is 11.5 Å². The number of hydrogen-bond acceptors (Lipinski definition) is 4. The monoisotopic (exact) mass is 291 g/mol. The first kappa shape index (κ1) is 13.7. The zero-order valence-electron chi connectivity index (χ0n) is 11.5. The van der Waals surface area contributed by atoms with Crippen molar-refractivity contribution in [3.05, 3.63) is 18.2 Å². The summed E-state index contributed by atoms with van der Waals surface area (Å²) in [7, 11) is 0. The molecule has 0 aromatic heterocycles. The number of carboxylic acids is 1. The normalized spacial score (nSPS) is 23.6. The zero-order valence-corrected chi connectivity index (χ0v) is 11.5. The number of anilines is 1. The number of ether oxygens (including phenoxy) is 2. The Morgan fingerprint density at radius 3 is 2.52 bits per heavy atom. The number of fused-ring (bicyclic) bond motifs is 1. The maximum atomic E-state index is 12.2. The van der Waals surface area contributed by atoms with Gasteiger partial charge in [0.2, 0.25) is 5.91 Å². The number of nitrogens with one attached hydrogen (secondary N) is 1. The molecule has 0 unspecified atom stereocenters.